The van der Waals surface area contributed by atoms with Crippen molar-refractivity contribution < 1.29 is 14.3 Å². The van der Waals surface area contributed by atoms with Crippen LogP contribution in [0.1, 0.15) is 57.2 Å². The van der Waals surface area contributed by atoms with Gasteiger partial charge in [0.1, 0.15) is 11.4 Å². The van der Waals surface area contributed by atoms with Crippen molar-refractivity contribution in [3.8, 4) is 23.8 Å². The molecule has 3 saturated carbocycles. The van der Waals surface area contributed by atoms with Crippen molar-refractivity contribution in [2.45, 2.75) is 65.5 Å². The van der Waals surface area contributed by atoms with Gasteiger partial charge in [-0.1, -0.05) is 6.92 Å². The first-order chi connectivity index (χ1) is 18.3. The summed E-state index contributed by atoms with van der Waals surface area (Å²) in [7, 11) is 0. The van der Waals surface area contributed by atoms with E-state index in [2.05, 4.69) is 26.5 Å². The zero-order valence-electron chi connectivity index (χ0n) is 22.7. The molecule has 2 aromatic heterocycles. The maximum atomic E-state index is 13.0. The van der Waals surface area contributed by atoms with E-state index in [1.54, 1.807) is 26.8 Å². The Balaban J connectivity index is 1.61. The summed E-state index contributed by atoms with van der Waals surface area (Å²) in [6.45, 7) is 10.9. The van der Waals surface area contributed by atoms with E-state index in [4.69, 9.17) is 14.7 Å². The number of carbonyl (C=O) groups excluding carboxylic acids is 1. The second kappa shape index (κ2) is 8.70. The van der Waals surface area contributed by atoms with Gasteiger partial charge >= 0.3 is 6.09 Å². The van der Waals surface area contributed by atoms with Crippen LogP contribution in [0.15, 0.2) is 23.0 Å². The van der Waals surface area contributed by atoms with Crippen LogP contribution >= 0.6 is 0 Å². The van der Waals surface area contributed by atoms with Gasteiger partial charge < -0.3 is 14.8 Å². The zero-order valence-corrected chi connectivity index (χ0v) is 22.7. The number of hydrogen-bond donors (Lipinski definition) is 2. The lowest BCUT2D eigenvalue weighted by Gasteiger charge is -2.72. The lowest BCUT2D eigenvalue weighted by Crippen LogP contribution is -2.77. The number of allylic oxidation sites excluding steroid dienone is 1. The maximum Gasteiger partial charge on any atom is 0.434 e. The molecule has 1 aromatic carbocycles. The molecule has 3 aliphatic carbocycles. The van der Waals surface area contributed by atoms with Gasteiger partial charge in [-0.15, -0.1) is 0 Å². The van der Waals surface area contributed by atoms with Gasteiger partial charge in [0.25, 0.3) is 11.4 Å². The number of aromatic nitrogens is 4. The van der Waals surface area contributed by atoms with Crippen molar-refractivity contribution in [2.75, 3.05) is 5.32 Å². The highest BCUT2D eigenvalue weighted by molar-refractivity contribution is 5.89. The van der Waals surface area contributed by atoms with Gasteiger partial charge in [0.05, 0.1) is 17.6 Å². The van der Waals surface area contributed by atoms with Crippen molar-refractivity contribution in [2.24, 2.45) is 11.3 Å². The predicted molar refractivity (Wildman–Crippen MR) is 143 cm³/mol. The van der Waals surface area contributed by atoms with E-state index in [0.29, 0.717) is 18.6 Å². The molecule has 3 aromatic rings. The van der Waals surface area contributed by atoms with E-state index in [1.165, 1.54) is 6.08 Å². The Bertz CT molecular complexity index is 1660. The van der Waals surface area contributed by atoms with Gasteiger partial charge in [0, 0.05) is 11.6 Å². The third kappa shape index (κ3) is 4.20. The molecule has 2 bridgehead atoms. The molecule has 3 aliphatic rings. The van der Waals surface area contributed by atoms with E-state index in [1.807, 2.05) is 39.0 Å². The molecule has 11 nitrogen and oxygen atoms in total. The summed E-state index contributed by atoms with van der Waals surface area (Å²) in [6, 6.07) is 8.11. The summed E-state index contributed by atoms with van der Waals surface area (Å²) in [5.74, 6) is 0.753. The number of hydrogen-bond acceptors (Lipinski definition) is 9. The fourth-order valence-electron chi connectivity index (χ4n) is 5.60. The number of fused-ring (bicyclic) bond motifs is 1. The molecule has 11 heteroatoms. The third-order valence-electron chi connectivity index (χ3n) is 7.61. The van der Waals surface area contributed by atoms with Crippen molar-refractivity contribution in [1.82, 2.24) is 19.7 Å². The zero-order chi connectivity index (χ0) is 28.3. The topological polar surface area (TPSA) is 159 Å². The molecule has 0 spiro atoms. The van der Waals surface area contributed by atoms with Crippen molar-refractivity contribution in [3.05, 3.63) is 45.3 Å². The summed E-state index contributed by atoms with van der Waals surface area (Å²) in [5.41, 5.74) is 0.286. The number of benzene rings is 1. The average Bonchev–Trinajstić information content (AvgIpc) is 3.18. The summed E-state index contributed by atoms with van der Waals surface area (Å²) >= 11 is 0. The molecule has 2 heterocycles. The lowest BCUT2D eigenvalue weighted by molar-refractivity contribution is -0.144. The van der Waals surface area contributed by atoms with E-state index in [9.17, 15) is 14.9 Å². The SMILES string of the molecule is Cc1cc(/C=C/C#N)cc(C)c1Oc1nc(NC23CC(C#N)(C2)[C@@H]3C)nc2c(=O)[nH]n(C(=O)OC(C)(C)C)c12. The molecule has 3 fully saturated rings. The van der Waals surface area contributed by atoms with Crippen molar-refractivity contribution in [1.29, 1.82) is 10.5 Å². The average molecular weight is 528 g/mol. The fraction of sp³-hybridized carbons (Fsp3) is 0.429. The second-order valence-corrected chi connectivity index (χ2v) is 11.5. The van der Waals surface area contributed by atoms with Crippen LogP contribution in [-0.2, 0) is 4.74 Å². The largest absolute Gasteiger partial charge is 0.442 e. The summed E-state index contributed by atoms with van der Waals surface area (Å²) in [6.07, 6.45) is 3.61. The Labute approximate surface area is 225 Å². The van der Waals surface area contributed by atoms with Crippen molar-refractivity contribution in [3.63, 3.8) is 0 Å². The van der Waals surface area contributed by atoms with Gasteiger partial charge in [0.2, 0.25) is 5.95 Å². The van der Waals surface area contributed by atoms with Crippen LogP contribution in [0.25, 0.3) is 17.1 Å². The van der Waals surface area contributed by atoms with E-state index in [-0.39, 0.29) is 39.7 Å². The van der Waals surface area contributed by atoms with Crippen LogP contribution < -0.4 is 15.6 Å². The number of ether oxygens (including phenoxy) is 2. The molecule has 200 valence electrons. The minimum absolute atomic E-state index is 0.00697. The normalized spacial score (nSPS) is 23.4. The quantitative estimate of drug-likeness (QED) is 0.438. The molecule has 0 saturated heterocycles. The Morgan fingerprint density at radius 1 is 1.23 bits per heavy atom. The Kier molecular flexibility index (Phi) is 5.80. The number of rotatable bonds is 5. The van der Waals surface area contributed by atoms with Gasteiger partial charge in [-0.05, 0) is 88.3 Å². The van der Waals surface area contributed by atoms with E-state index < -0.39 is 17.3 Å². The molecular formula is C28H29N7O4. The smallest absolute Gasteiger partial charge is 0.434 e. The highest BCUT2D eigenvalue weighted by Gasteiger charge is 2.74. The van der Waals surface area contributed by atoms with Crippen LogP contribution in [0.3, 0.4) is 0 Å². The standard InChI is InChI=1S/C28H29N7O4/c1-15-10-18(8-7-9-29)11-16(2)21(15)38-23-20-19(22(36)34-35(20)25(37)39-26(4,5)6)31-24(32-23)33-28-12-27(13-28,14-30)17(28)3/h7-8,10-11,17H,12-13H2,1-6H3,(H,34,36)(H,31,32,33)/b8-7+/t17-,27?,28?/m0/s1. The van der Waals surface area contributed by atoms with Crippen LogP contribution in [0.2, 0.25) is 0 Å². The van der Waals surface area contributed by atoms with Gasteiger partial charge in [0.15, 0.2) is 11.0 Å². The van der Waals surface area contributed by atoms with Crippen LogP contribution in [0.5, 0.6) is 11.6 Å². The molecule has 6 rings (SSSR count). The molecule has 0 aliphatic heterocycles. The number of anilines is 1. The maximum absolute atomic E-state index is 13.0. The van der Waals surface area contributed by atoms with Crippen LogP contribution in [-0.4, -0.2) is 37.0 Å². The molecule has 1 atom stereocenters. The minimum Gasteiger partial charge on any atom is -0.442 e. The third-order valence-corrected chi connectivity index (χ3v) is 7.61. The van der Waals surface area contributed by atoms with Crippen molar-refractivity contribution >= 4 is 29.2 Å². The number of nitriles is 2. The van der Waals surface area contributed by atoms with Gasteiger partial charge in [-0.3, -0.25) is 9.89 Å². The number of carbonyl (C=O) groups is 1. The molecule has 0 unspecified atom stereocenters. The number of nitrogens with zero attached hydrogens (tertiary/aromatic N) is 5. The van der Waals surface area contributed by atoms with Gasteiger partial charge in [-0.2, -0.15) is 20.2 Å². The monoisotopic (exact) mass is 527 g/mol. The number of nitrogens with one attached hydrogen (secondary N) is 2. The molecular weight excluding hydrogens is 498 g/mol. The molecule has 0 amide bonds. The molecule has 39 heavy (non-hydrogen) atoms. The van der Waals surface area contributed by atoms with E-state index in [0.717, 1.165) is 21.4 Å². The van der Waals surface area contributed by atoms with Gasteiger partial charge in [-0.25, -0.2) is 9.78 Å². The summed E-state index contributed by atoms with van der Waals surface area (Å²) in [5, 5.41) is 24.3. The first kappa shape index (κ1) is 26.0. The first-order valence-electron chi connectivity index (χ1n) is 12.6. The number of aryl methyl sites for hydroxylation is 2. The Morgan fingerprint density at radius 3 is 2.46 bits per heavy atom. The molecule has 0 radical (unpaired) electrons. The second-order valence-electron chi connectivity index (χ2n) is 11.5. The van der Waals surface area contributed by atoms with E-state index >= 15 is 0 Å². The highest BCUT2D eigenvalue weighted by atomic mass is 16.6. The molecule has 2 N–H and O–H groups in total. The fourth-order valence-corrected chi connectivity index (χ4v) is 5.60. The first-order valence-corrected chi connectivity index (χ1v) is 12.6. The highest BCUT2D eigenvalue weighted by Crippen LogP contribution is 2.71. The summed E-state index contributed by atoms with van der Waals surface area (Å²) < 4.78 is 12.8. The summed E-state index contributed by atoms with van der Waals surface area (Å²) in [4.78, 5) is 35.1. The predicted octanol–water partition coefficient (Wildman–Crippen LogP) is 4.95. The Hall–Kier alpha value is -4.64. The number of aromatic amines is 1. The Morgan fingerprint density at radius 2 is 1.90 bits per heavy atom. The van der Waals surface area contributed by atoms with Crippen LogP contribution in [0, 0.1) is 47.8 Å². The lowest BCUT2D eigenvalue weighted by atomic mass is 9.34. The minimum atomic E-state index is -0.815. The number of H-pyrrole nitrogens is 1. The van der Waals surface area contributed by atoms with Crippen LogP contribution in [0.4, 0.5) is 10.7 Å².